The summed E-state index contributed by atoms with van der Waals surface area (Å²) in [5.74, 6) is -0.350. The molecule has 0 amide bonds. The largest absolute Gasteiger partial charge is 0.618 e. The summed E-state index contributed by atoms with van der Waals surface area (Å²) < 4.78 is 13.4. The van der Waals surface area contributed by atoms with Gasteiger partial charge in [-0.15, -0.1) is 0 Å². The van der Waals surface area contributed by atoms with Gasteiger partial charge in [-0.05, 0) is 31.2 Å². The number of benzene rings is 2. The molecule has 0 saturated heterocycles. The first-order valence-corrected chi connectivity index (χ1v) is 5.28. The minimum Gasteiger partial charge on any atom is -0.618 e. The third-order valence-corrected chi connectivity index (χ3v) is 2.42. The Kier molecular flexibility index (Phi) is 3.19. The summed E-state index contributed by atoms with van der Waals surface area (Å²) in [5.41, 5.74) is 2.36. The van der Waals surface area contributed by atoms with Gasteiger partial charge in [-0.25, -0.2) is 4.39 Å². The van der Waals surface area contributed by atoms with E-state index in [0.29, 0.717) is 5.69 Å². The van der Waals surface area contributed by atoms with Crippen LogP contribution in [0.3, 0.4) is 0 Å². The Bertz CT molecular complexity index is 529. The molecule has 17 heavy (non-hydrogen) atoms. The third kappa shape index (κ3) is 2.91. The normalized spacial score (nSPS) is 11.5. The third-order valence-electron chi connectivity index (χ3n) is 2.42. The molecule has 0 aromatic heterocycles. The van der Waals surface area contributed by atoms with Gasteiger partial charge in [0.05, 0.1) is 0 Å². The van der Waals surface area contributed by atoms with Crippen LogP contribution in [0.15, 0.2) is 48.5 Å². The number of hydrogen-bond donors (Lipinski definition) is 0. The van der Waals surface area contributed by atoms with Gasteiger partial charge in [0.25, 0.3) is 0 Å². The maximum Gasteiger partial charge on any atom is 0.216 e. The Morgan fingerprint density at radius 2 is 1.59 bits per heavy atom. The summed E-state index contributed by atoms with van der Waals surface area (Å²) in [4.78, 5) is 0. The van der Waals surface area contributed by atoms with Gasteiger partial charge in [-0.1, -0.05) is 17.7 Å². The van der Waals surface area contributed by atoms with E-state index >= 15 is 0 Å². The van der Waals surface area contributed by atoms with E-state index in [0.717, 1.165) is 15.9 Å². The SMILES string of the molecule is Cc1ccc(/C=[N+](\[O-])c2ccc(F)cc2)cc1. The van der Waals surface area contributed by atoms with Crippen molar-refractivity contribution in [2.24, 2.45) is 0 Å². The molecule has 0 atom stereocenters. The summed E-state index contributed by atoms with van der Waals surface area (Å²) >= 11 is 0. The summed E-state index contributed by atoms with van der Waals surface area (Å²) in [6, 6.07) is 13.0. The molecule has 0 aliphatic heterocycles. The average Bonchev–Trinajstić information content (AvgIpc) is 2.33. The van der Waals surface area contributed by atoms with E-state index in [1.54, 1.807) is 0 Å². The minimum atomic E-state index is -0.350. The fourth-order valence-electron chi connectivity index (χ4n) is 1.45. The Hall–Kier alpha value is -2.16. The Morgan fingerprint density at radius 3 is 2.18 bits per heavy atom. The molecule has 0 spiro atoms. The average molecular weight is 229 g/mol. The van der Waals surface area contributed by atoms with Crippen molar-refractivity contribution < 1.29 is 9.13 Å². The second-order valence-electron chi connectivity index (χ2n) is 3.84. The van der Waals surface area contributed by atoms with Crippen molar-refractivity contribution in [3.63, 3.8) is 0 Å². The predicted octanol–water partition coefficient (Wildman–Crippen LogP) is 3.40. The van der Waals surface area contributed by atoms with E-state index in [1.165, 1.54) is 30.5 Å². The van der Waals surface area contributed by atoms with Crippen LogP contribution < -0.4 is 0 Å². The van der Waals surface area contributed by atoms with E-state index in [1.807, 2.05) is 31.2 Å². The summed E-state index contributed by atoms with van der Waals surface area (Å²) in [7, 11) is 0. The first-order valence-electron chi connectivity index (χ1n) is 5.28. The van der Waals surface area contributed by atoms with E-state index in [4.69, 9.17) is 0 Å². The fourth-order valence-corrected chi connectivity index (χ4v) is 1.45. The molecular weight excluding hydrogens is 217 g/mol. The maximum atomic E-state index is 12.7. The van der Waals surface area contributed by atoms with Gasteiger partial charge < -0.3 is 5.21 Å². The molecule has 86 valence electrons. The van der Waals surface area contributed by atoms with Crippen LogP contribution in [0.2, 0.25) is 0 Å². The van der Waals surface area contributed by atoms with Crippen molar-refractivity contribution >= 4 is 11.9 Å². The van der Waals surface area contributed by atoms with Gasteiger partial charge in [0.2, 0.25) is 5.69 Å². The lowest BCUT2D eigenvalue weighted by Gasteiger charge is -2.02. The van der Waals surface area contributed by atoms with Crippen LogP contribution in [-0.4, -0.2) is 11.0 Å². The zero-order valence-electron chi connectivity index (χ0n) is 9.43. The van der Waals surface area contributed by atoms with Crippen molar-refractivity contribution in [1.29, 1.82) is 0 Å². The van der Waals surface area contributed by atoms with Gasteiger partial charge in [0, 0.05) is 17.7 Å². The number of nitrogens with zero attached hydrogens (tertiary/aromatic N) is 1. The highest BCUT2D eigenvalue weighted by molar-refractivity contribution is 5.76. The highest BCUT2D eigenvalue weighted by Crippen LogP contribution is 2.11. The van der Waals surface area contributed by atoms with Gasteiger partial charge in [-0.3, -0.25) is 0 Å². The lowest BCUT2D eigenvalue weighted by Crippen LogP contribution is -1.98. The van der Waals surface area contributed by atoms with E-state index in [9.17, 15) is 9.60 Å². The molecule has 0 fully saturated rings. The standard InChI is InChI=1S/C14H12FNO/c1-11-2-4-12(5-3-11)10-16(17)14-8-6-13(15)7-9-14/h2-10H,1H3/b16-10-. The van der Waals surface area contributed by atoms with Gasteiger partial charge in [0.1, 0.15) is 5.82 Å². The van der Waals surface area contributed by atoms with Gasteiger partial charge in [0.15, 0.2) is 6.21 Å². The molecule has 0 aliphatic carbocycles. The topological polar surface area (TPSA) is 26.1 Å². The zero-order valence-corrected chi connectivity index (χ0v) is 9.43. The smallest absolute Gasteiger partial charge is 0.216 e. The van der Waals surface area contributed by atoms with E-state index in [2.05, 4.69) is 0 Å². The van der Waals surface area contributed by atoms with Crippen LogP contribution in [0.1, 0.15) is 11.1 Å². The second kappa shape index (κ2) is 4.78. The summed E-state index contributed by atoms with van der Waals surface area (Å²) in [5, 5.41) is 11.7. The van der Waals surface area contributed by atoms with Crippen molar-refractivity contribution in [1.82, 2.24) is 0 Å². The number of rotatable bonds is 2. The van der Waals surface area contributed by atoms with Crippen molar-refractivity contribution in [2.75, 3.05) is 0 Å². The van der Waals surface area contributed by atoms with Crippen molar-refractivity contribution in [3.8, 4) is 0 Å². The molecule has 0 saturated carbocycles. The maximum absolute atomic E-state index is 12.7. The highest BCUT2D eigenvalue weighted by atomic mass is 19.1. The molecule has 2 rings (SSSR count). The van der Waals surface area contributed by atoms with Crippen LogP contribution in [0.4, 0.5) is 10.1 Å². The van der Waals surface area contributed by atoms with E-state index in [-0.39, 0.29) is 5.82 Å². The molecule has 0 heterocycles. The monoisotopic (exact) mass is 229 g/mol. The van der Waals surface area contributed by atoms with Crippen LogP contribution in [0.25, 0.3) is 0 Å². The molecule has 0 N–H and O–H groups in total. The fraction of sp³-hybridized carbons (Fsp3) is 0.0714. The Balaban J connectivity index is 2.27. The first kappa shape index (κ1) is 11.3. The number of halogens is 1. The highest BCUT2D eigenvalue weighted by Gasteiger charge is 2.01. The molecule has 3 heteroatoms. The Morgan fingerprint density at radius 1 is 1.00 bits per heavy atom. The first-order chi connectivity index (χ1) is 8.15. The molecule has 0 aliphatic rings. The molecule has 2 aromatic rings. The lowest BCUT2D eigenvalue weighted by atomic mass is 10.2. The quantitative estimate of drug-likeness (QED) is 0.335. The minimum absolute atomic E-state index is 0.350. The number of aryl methyl sites for hydroxylation is 1. The summed E-state index contributed by atoms with van der Waals surface area (Å²) in [6.45, 7) is 1.98. The van der Waals surface area contributed by atoms with Crippen LogP contribution in [0.5, 0.6) is 0 Å². The second-order valence-corrected chi connectivity index (χ2v) is 3.84. The molecule has 0 bridgehead atoms. The van der Waals surface area contributed by atoms with Crippen LogP contribution >= 0.6 is 0 Å². The van der Waals surface area contributed by atoms with E-state index < -0.39 is 0 Å². The molecule has 2 aromatic carbocycles. The molecular formula is C14H12FNO. The van der Waals surface area contributed by atoms with Gasteiger partial charge in [-0.2, -0.15) is 4.74 Å². The lowest BCUT2D eigenvalue weighted by molar-refractivity contribution is -0.354. The number of hydrogen-bond acceptors (Lipinski definition) is 1. The molecule has 2 nitrogen and oxygen atoms in total. The van der Waals surface area contributed by atoms with Crippen molar-refractivity contribution in [3.05, 3.63) is 70.7 Å². The van der Waals surface area contributed by atoms with Crippen LogP contribution in [0, 0.1) is 17.9 Å². The van der Waals surface area contributed by atoms with Crippen LogP contribution in [-0.2, 0) is 0 Å². The Labute approximate surface area is 99.2 Å². The zero-order chi connectivity index (χ0) is 12.3. The molecule has 0 unspecified atom stereocenters. The molecule has 0 radical (unpaired) electrons. The summed E-state index contributed by atoms with van der Waals surface area (Å²) in [6.07, 6.45) is 1.46. The van der Waals surface area contributed by atoms with Gasteiger partial charge >= 0.3 is 0 Å². The van der Waals surface area contributed by atoms with Crippen molar-refractivity contribution in [2.45, 2.75) is 6.92 Å². The predicted molar refractivity (Wildman–Crippen MR) is 66.0 cm³/mol.